The van der Waals surface area contributed by atoms with E-state index in [9.17, 15) is 13.2 Å². The average molecular weight is 209 g/mol. The summed E-state index contributed by atoms with van der Waals surface area (Å²) in [6.45, 7) is -0.129. The van der Waals surface area contributed by atoms with E-state index in [4.69, 9.17) is 10.2 Å². The van der Waals surface area contributed by atoms with Gasteiger partial charge in [-0.05, 0) is 0 Å². The molecule has 1 fully saturated rings. The molecule has 0 radical (unpaired) electrons. The zero-order valence-electron chi connectivity index (χ0n) is 7.04. The molecule has 0 aromatic carbocycles. The Bertz CT molecular complexity index is 311. The van der Waals surface area contributed by atoms with Gasteiger partial charge in [-0.3, -0.25) is 4.79 Å². The Labute approximate surface area is 75.8 Å². The maximum Gasteiger partial charge on any atom is 0.322 e. The lowest BCUT2D eigenvalue weighted by molar-refractivity contribution is -0.140. The van der Waals surface area contributed by atoms with Gasteiger partial charge >= 0.3 is 5.97 Å². The SMILES string of the molecule is CS(=O)(=O)N1C[C@H](O)C[C@@H]1C(=O)O. The van der Waals surface area contributed by atoms with Crippen molar-refractivity contribution in [2.45, 2.75) is 18.6 Å². The minimum Gasteiger partial charge on any atom is -0.480 e. The number of aliphatic hydroxyl groups is 1. The summed E-state index contributed by atoms with van der Waals surface area (Å²) in [6.07, 6.45) is 0.0134. The molecule has 1 rings (SSSR count). The highest BCUT2D eigenvalue weighted by atomic mass is 32.2. The minimum absolute atomic E-state index is 0.0393. The maximum absolute atomic E-state index is 11.0. The number of sulfonamides is 1. The summed E-state index contributed by atoms with van der Waals surface area (Å²) < 4.78 is 22.9. The predicted octanol–water partition coefficient (Wildman–Crippen LogP) is -1.53. The first-order valence-corrected chi connectivity index (χ1v) is 5.55. The fraction of sp³-hybridized carbons (Fsp3) is 0.833. The van der Waals surface area contributed by atoms with Gasteiger partial charge in [0.05, 0.1) is 12.4 Å². The molecular weight excluding hydrogens is 198 g/mol. The highest BCUT2D eigenvalue weighted by Crippen LogP contribution is 2.20. The lowest BCUT2D eigenvalue weighted by Crippen LogP contribution is -2.39. The third-order valence-electron chi connectivity index (χ3n) is 1.94. The minimum atomic E-state index is -3.54. The molecule has 0 unspecified atom stereocenters. The number of rotatable bonds is 2. The third-order valence-corrected chi connectivity index (χ3v) is 3.20. The summed E-state index contributed by atoms with van der Waals surface area (Å²) in [7, 11) is -3.54. The van der Waals surface area contributed by atoms with Crippen molar-refractivity contribution in [2.24, 2.45) is 0 Å². The molecule has 0 bridgehead atoms. The normalized spacial score (nSPS) is 30.6. The highest BCUT2D eigenvalue weighted by molar-refractivity contribution is 7.88. The summed E-state index contributed by atoms with van der Waals surface area (Å²) in [5.41, 5.74) is 0. The maximum atomic E-state index is 11.0. The van der Waals surface area contributed by atoms with Crippen molar-refractivity contribution in [3.63, 3.8) is 0 Å². The van der Waals surface area contributed by atoms with Crippen molar-refractivity contribution in [1.29, 1.82) is 0 Å². The van der Waals surface area contributed by atoms with Crippen LogP contribution < -0.4 is 0 Å². The van der Waals surface area contributed by atoms with Crippen LogP contribution >= 0.6 is 0 Å². The fourth-order valence-corrected chi connectivity index (χ4v) is 2.46. The van der Waals surface area contributed by atoms with E-state index >= 15 is 0 Å². The van der Waals surface area contributed by atoms with E-state index in [0.29, 0.717) is 0 Å². The second-order valence-corrected chi connectivity index (χ2v) is 5.01. The van der Waals surface area contributed by atoms with E-state index in [1.54, 1.807) is 0 Å². The first kappa shape index (κ1) is 10.4. The number of carboxylic acid groups (broad SMARTS) is 1. The highest BCUT2D eigenvalue weighted by Gasteiger charge is 2.40. The molecule has 13 heavy (non-hydrogen) atoms. The van der Waals surface area contributed by atoms with Gasteiger partial charge in [0.2, 0.25) is 10.0 Å². The zero-order chi connectivity index (χ0) is 10.2. The smallest absolute Gasteiger partial charge is 0.322 e. The molecule has 0 amide bonds. The van der Waals surface area contributed by atoms with Crippen LogP contribution in [-0.4, -0.2) is 53.9 Å². The van der Waals surface area contributed by atoms with Crippen molar-refractivity contribution in [1.82, 2.24) is 4.31 Å². The van der Waals surface area contributed by atoms with Crippen LogP contribution in [0.2, 0.25) is 0 Å². The van der Waals surface area contributed by atoms with Crippen molar-refractivity contribution < 1.29 is 23.4 Å². The monoisotopic (exact) mass is 209 g/mol. The number of carboxylic acids is 1. The first-order chi connectivity index (χ1) is 5.82. The summed E-state index contributed by atoms with van der Waals surface area (Å²) in [5, 5.41) is 17.8. The summed E-state index contributed by atoms with van der Waals surface area (Å²) in [5.74, 6) is -1.22. The molecular formula is C6H11NO5S. The van der Waals surface area contributed by atoms with Crippen LogP contribution in [0, 0.1) is 0 Å². The molecule has 6 nitrogen and oxygen atoms in total. The largest absolute Gasteiger partial charge is 0.480 e. The Morgan fingerprint density at radius 1 is 1.54 bits per heavy atom. The average Bonchev–Trinajstić information content (AvgIpc) is 2.29. The number of β-amino-alcohol motifs (C(OH)–C–C–N with tert-alkyl or cyclic N) is 1. The number of carbonyl (C=O) groups is 1. The molecule has 0 aromatic rings. The summed E-state index contributed by atoms with van der Waals surface area (Å²) in [6, 6.07) is -1.12. The number of hydrogen-bond acceptors (Lipinski definition) is 4. The van der Waals surface area contributed by atoms with Gasteiger partial charge in [0, 0.05) is 13.0 Å². The van der Waals surface area contributed by atoms with E-state index in [1.807, 2.05) is 0 Å². The van der Waals surface area contributed by atoms with Crippen molar-refractivity contribution >= 4 is 16.0 Å². The first-order valence-electron chi connectivity index (χ1n) is 3.70. The topological polar surface area (TPSA) is 94.9 Å². The van der Waals surface area contributed by atoms with Crippen molar-refractivity contribution in [3.05, 3.63) is 0 Å². The van der Waals surface area contributed by atoms with Crippen LogP contribution in [0.25, 0.3) is 0 Å². The van der Waals surface area contributed by atoms with E-state index < -0.39 is 28.1 Å². The van der Waals surface area contributed by atoms with Gasteiger partial charge in [0.15, 0.2) is 0 Å². The van der Waals surface area contributed by atoms with Crippen LogP contribution in [-0.2, 0) is 14.8 Å². The molecule has 0 spiro atoms. The molecule has 1 heterocycles. The van der Waals surface area contributed by atoms with E-state index in [1.165, 1.54) is 0 Å². The summed E-state index contributed by atoms with van der Waals surface area (Å²) in [4.78, 5) is 10.6. The standard InChI is InChI=1S/C6H11NO5S/c1-13(11,12)7-3-4(8)2-5(7)6(9)10/h4-5,8H,2-3H2,1H3,(H,9,10)/t4-,5-/m1/s1. The van der Waals surface area contributed by atoms with E-state index in [0.717, 1.165) is 10.6 Å². The van der Waals surface area contributed by atoms with Gasteiger partial charge in [0.25, 0.3) is 0 Å². The van der Waals surface area contributed by atoms with Crippen LogP contribution in [0.5, 0.6) is 0 Å². The second kappa shape index (κ2) is 3.24. The molecule has 2 N–H and O–H groups in total. The van der Waals surface area contributed by atoms with Crippen LogP contribution in [0.3, 0.4) is 0 Å². The Kier molecular flexibility index (Phi) is 2.60. The van der Waals surface area contributed by atoms with Gasteiger partial charge in [-0.1, -0.05) is 0 Å². The number of aliphatic carboxylic acids is 1. The molecule has 1 aliphatic rings. The molecule has 0 saturated carbocycles. The van der Waals surface area contributed by atoms with Gasteiger partial charge in [-0.2, -0.15) is 4.31 Å². The fourth-order valence-electron chi connectivity index (χ4n) is 1.38. The molecule has 0 aliphatic carbocycles. The van der Waals surface area contributed by atoms with Gasteiger partial charge in [0.1, 0.15) is 6.04 Å². The third kappa shape index (κ3) is 2.17. The molecule has 0 aromatic heterocycles. The van der Waals surface area contributed by atoms with E-state index in [2.05, 4.69) is 0 Å². The predicted molar refractivity (Wildman–Crippen MR) is 43.6 cm³/mol. The van der Waals surface area contributed by atoms with Gasteiger partial charge in [-0.25, -0.2) is 8.42 Å². The van der Waals surface area contributed by atoms with Crippen molar-refractivity contribution in [2.75, 3.05) is 12.8 Å². The summed E-state index contributed by atoms with van der Waals surface area (Å²) >= 11 is 0. The lowest BCUT2D eigenvalue weighted by Gasteiger charge is -2.17. The van der Waals surface area contributed by atoms with Gasteiger partial charge in [-0.15, -0.1) is 0 Å². The lowest BCUT2D eigenvalue weighted by atomic mass is 10.2. The van der Waals surface area contributed by atoms with Crippen LogP contribution in [0.4, 0.5) is 0 Å². The molecule has 7 heteroatoms. The molecule has 1 aliphatic heterocycles. The number of aliphatic hydroxyl groups excluding tert-OH is 1. The Morgan fingerprint density at radius 3 is 2.38 bits per heavy atom. The Hall–Kier alpha value is -0.660. The molecule has 2 atom stereocenters. The molecule has 1 saturated heterocycles. The number of hydrogen-bond donors (Lipinski definition) is 2. The number of nitrogens with zero attached hydrogens (tertiary/aromatic N) is 1. The second-order valence-electron chi connectivity index (χ2n) is 3.08. The van der Waals surface area contributed by atoms with Crippen LogP contribution in [0.15, 0.2) is 0 Å². The Morgan fingerprint density at radius 2 is 2.08 bits per heavy atom. The zero-order valence-corrected chi connectivity index (χ0v) is 7.86. The van der Waals surface area contributed by atoms with E-state index in [-0.39, 0.29) is 13.0 Å². The van der Waals surface area contributed by atoms with Crippen molar-refractivity contribution in [3.8, 4) is 0 Å². The van der Waals surface area contributed by atoms with Crippen LogP contribution in [0.1, 0.15) is 6.42 Å². The van der Waals surface area contributed by atoms with Gasteiger partial charge < -0.3 is 10.2 Å². The molecule has 76 valence electrons. The Balaban J connectivity index is 2.91. The quantitative estimate of drug-likeness (QED) is 0.575.